The topological polar surface area (TPSA) is 117 Å². The Morgan fingerprint density at radius 2 is 2.08 bits per heavy atom. The highest BCUT2D eigenvalue weighted by Gasteiger charge is 2.54. The summed E-state index contributed by atoms with van der Waals surface area (Å²) in [6.07, 6.45) is 4.89. The quantitative estimate of drug-likeness (QED) is 0.532. The molecule has 5 rings (SSSR count). The second kappa shape index (κ2) is 9.45. The highest BCUT2D eigenvalue weighted by atomic mass is 16.5. The highest BCUT2D eigenvalue weighted by molar-refractivity contribution is 5.99. The van der Waals surface area contributed by atoms with Gasteiger partial charge in [-0.05, 0) is 50.8 Å². The van der Waals surface area contributed by atoms with Gasteiger partial charge in [-0.1, -0.05) is 24.3 Å². The van der Waals surface area contributed by atoms with E-state index in [0.717, 1.165) is 16.9 Å². The molecule has 37 heavy (non-hydrogen) atoms. The summed E-state index contributed by atoms with van der Waals surface area (Å²) in [5, 5.41) is 15.0. The second-order valence-electron chi connectivity index (χ2n) is 11.3. The van der Waals surface area contributed by atoms with Gasteiger partial charge in [-0.25, -0.2) is 0 Å². The Kier molecular flexibility index (Phi) is 6.43. The van der Waals surface area contributed by atoms with Crippen molar-refractivity contribution >= 4 is 17.8 Å². The van der Waals surface area contributed by atoms with Crippen LogP contribution in [-0.2, 0) is 14.3 Å². The minimum atomic E-state index is -0.560. The maximum atomic E-state index is 13.6. The Morgan fingerprint density at radius 3 is 2.78 bits per heavy atom. The van der Waals surface area contributed by atoms with Crippen molar-refractivity contribution in [3.63, 3.8) is 0 Å². The van der Waals surface area contributed by atoms with Gasteiger partial charge >= 0.3 is 0 Å². The molecule has 5 atom stereocenters. The Balaban J connectivity index is 1.37. The van der Waals surface area contributed by atoms with E-state index < -0.39 is 17.2 Å². The van der Waals surface area contributed by atoms with Gasteiger partial charge in [-0.2, -0.15) is 0 Å². The van der Waals surface area contributed by atoms with Gasteiger partial charge in [0.25, 0.3) is 0 Å². The molecule has 9 heteroatoms. The van der Waals surface area contributed by atoms with Crippen LogP contribution in [0, 0.1) is 17.2 Å². The normalized spacial score (nSPS) is 29.0. The average molecular weight is 506 g/mol. The summed E-state index contributed by atoms with van der Waals surface area (Å²) in [6.45, 7) is 6.22. The molecule has 1 aliphatic carbocycles. The first-order valence-corrected chi connectivity index (χ1v) is 12.8. The molecule has 3 aliphatic rings. The summed E-state index contributed by atoms with van der Waals surface area (Å²) in [7, 11) is 1.64. The summed E-state index contributed by atoms with van der Waals surface area (Å²) in [6, 6.07) is 10.9. The van der Waals surface area contributed by atoms with Crippen molar-refractivity contribution in [1.29, 1.82) is 5.41 Å². The maximum Gasteiger partial charge on any atom is 0.232 e. The lowest BCUT2D eigenvalue weighted by Crippen LogP contribution is -2.60. The number of amides is 2. The maximum absolute atomic E-state index is 13.6. The van der Waals surface area contributed by atoms with Crippen LogP contribution >= 0.6 is 0 Å². The monoisotopic (exact) mass is 505 g/mol. The summed E-state index contributed by atoms with van der Waals surface area (Å²) < 4.78 is 11.6. The molecule has 0 radical (unpaired) electrons. The van der Waals surface area contributed by atoms with Crippen LogP contribution in [0.2, 0.25) is 0 Å². The summed E-state index contributed by atoms with van der Waals surface area (Å²) in [5.74, 6) is 0.253. The number of methoxy groups -OCH3 is 1. The van der Waals surface area contributed by atoms with Crippen LogP contribution < -0.4 is 15.4 Å². The number of pyridine rings is 1. The van der Waals surface area contributed by atoms with E-state index in [1.165, 1.54) is 4.90 Å². The molecule has 0 spiro atoms. The van der Waals surface area contributed by atoms with Crippen molar-refractivity contribution in [2.45, 2.75) is 63.3 Å². The van der Waals surface area contributed by atoms with Crippen molar-refractivity contribution < 1.29 is 19.1 Å². The molecule has 0 bridgehead atoms. The molecule has 3 N–H and O–H groups in total. The standard InChI is InChI=1S/C28H35N5O4/c1-27(2)14-23(34)33(26(29)32-27)24(17-8-7-11-30-15-17)19-12-20(19)25(35)31-21-13-28(3,16-36-4)37-22-10-6-5-9-18(21)22/h5-11,15,19-21,24H,12-14,16H2,1-4H3,(H2,29,32)(H,31,35)/t19-,20-,21?,24+,28?/m1/s1. The van der Waals surface area contributed by atoms with Gasteiger partial charge in [0.15, 0.2) is 5.96 Å². The van der Waals surface area contributed by atoms with Crippen LogP contribution in [0.4, 0.5) is 0 Å². The largest absolute Gasteiger partial charge is 0.485 e. The van der Waals surface area contributed by atoms with Crippen LogP contribution in [-0.4, -0.2) is 52.5 Å². The van der Waals surface area contributed by atoms with E-state index in [9.17, 15) is 9.59 Å². The number of carbonyl (C=O) groups is 2. The molecule has 2 fully saturated rings. The van der Waals surface area contributed by atoms with Gasteiger partial charge in [-0.15, -0.1) is 0 Å². The van der Waals surface area contributed by atoms with Gasteiger partial charge < -0.3 is 20.1 Å². The lowest BCUT2D eigenvalue weighted by Gasteiger charge is -2.42. The molecule has 1 aromatic heterocycles. The average Bonchev–Trinajstić information content (AvgIpc) is 3.62. The number of hydrogen-bond acceptors (Lipinski definition) is 6. The van der Waals surface area contributed by atoms with Gasteiger partial charge in [0.2, 0.25) is 11.8 Å². The minimum Gasteiger partial charge on any atom is -0.485 e. The molecule has 196 valence electrons. The van der Waals surface area contributed by atoms with Crippen molar-refractivity contribution in [3.8, 4) is 5.75 Å². The molecule has 3 heterocycles. The first-order valence-electron chi connectivity index (χ1n) is 12.8. The number of nitrogens with zero attached hydrogens (tertiary/aromatic N) is 2. The van der Waals surface area contributed by atoms with Gasteiger partial charge in [-0.3, -0.25) is 24.9 Å². The van der Waals surface area contributed by atoms with Gasteiger partial charge in [0, 0.05) is 49.4 Å². The van der Waals surface area contributed by atoms with Crippen molar-refractivity contribution in [1.82, 2.24) is 20.5 Å². The third-order valence-electron chi connectivity index (χ3n) is 7.50. The minimum absolute atomic E-state index is 0.0513. The zero-order valence-electron chi connectivity index (χ0n) is 21.8. The zero-order valence-corrected chi connectivity index (χ0v) is 21.8. The summed E-state index contributed by atoms with van der Waals surface area (Å²) >= 11 is 0. The van der Waals surface area contributed by atoms with Crippen LogP contribution in [0.1, 0.15) is 63.2 Å². The number of para-hydroxylation sites is 1. The first-order chi connectivity index (χ1) is 17.6. The van der Waals surface area contributed by atoms with Crippen LogP contribution in [0.25, 0.3) is 0 Å². The predicted molar refractivity (Wildman–Crippen MR) is 138 cm³/mol. The number of rotatable bonds is 7. The number of benzene rings is 1. The Labute approximate surface area is 217 Å². The number of aromatic nitrogens is 1. The fourth-order valence-electron chi connectivity index (χ4n) is 5.82. The molecular weight excluding hydrogens is 470 g/mol. The molecule has 2 aromatic rings. The smallest absolute Gasteiger partial charge is 0.232 e. The van der Waals surface area contributed by atoms with Crippen LogP contribution in [0.3, 0.4) is 0 Å². The fourth-order valence-corrected chi connectivity index (χ4v) is 5.82. The van der Waals surface area contributed by atoms with Gasteiger partial charge in [0.1, 0.15) is 11.4 Å². The number of nitrogens with one attached hydrogen (secondary N) is 3. The highest BCUT2D eigenvalue weighted by Crippen LogP contribution is 2.51. The van der Waals surface area contributed by atoms with E-state index in [4.69, 9.17) is 14.9 Å². The summed E-state index contributed by atoms with van der Waals surface area (Å²) in [4.78, 5) is 32.6. The lowest BCUT2D eigenvalue weighted by molar-refractivity contribution is -0.133. The second-order valence-corrected chi connectivity index (χ2v) is 11.3. The van der Waals surface area contributed by atoms with E-state index in [2.05, 4.69) is 15.6 Å². The fraction of sp³-hybridized carbons (Fsp3) is 0.500. The molecule has 9 nitrogen and oxygen atoms in total. The lowest BCUT2D eigenvalue weighted by atomic mass is 9.88. The first kappa shape index (κ1) is 25.2. The van der Waals surface area contributed by atoms with Crippen molar-refractivity contribution in [3.05, 3.63) is 59.9 Å². The van der Waals surface area contributed by atoms with Crippen LogP contribution in [0.5, 0.6) is 5.75 Å². The van der Waals surface area contributed by atoms with E-state index in [-0.39, 0.29) is 42.1 Å². The molecule has 2 unspecified atom stereocenters. The number of guanidine groups is 1. The number of hydrogen-bond donors (Lipinski definition) is 3. The molecule has 1 saturated heterocycles. The summed E-state index contributed by atoms with van der Waals surface area (Å²) in [5.41, 5.74) is 0.725. The third kappa shape index (κ3) is 5.05. The van der Waals surface area contributed by atoms with Crippen molar-refractivity contribution in [2.75, 3.05) is 13.7 Å². The Bertz CT molecular complexity index is 1180. The van der Waals surface area contributed by atoms with E-state index in [0.29, 0.717) is 19.4 Å². The predicted octanol–water partition coefficient (Wildman–Crippen LogP) is 3.34. The Hall–Kier alpha value is -3.46. The SMILES string of the molecule is COCC1(C)CC(NC(=O)[C@@H]2C[C@H]2[C@H](c2cccnc2)N2C(=N)NC(C)(C)CC2=O)c2ccccc2O1. The Morgan fingerprint density at radius 1 is 1.30 bits per heavy atom. The van der Waals surface area contributed by atoms with E-state index in [1.807, 2.05) is 57.2 Å². The molecule has 1 aromatic carbocycles. The molecular formula is C28H35N5O4. The van der Waals surface area contributed by atoms with E-state index >= 15 is 0 Å². The zero-order chi connectivity index (χ0) is 26.4. The molecule has 2 amide bonds. The number of fused-ring (bicyclic) bond motifs is 1. The molecule has 1 saturated carbocycles. The number of ether oxygens (including phenoxy) is 2. The van der Waals surface area contributed by atoms with Crippen molar-refractivity contribution in [2.24, 2.45) is 11.8 Å². The van der Waals surface area contributed by atoms with Crippen LogP contribution in [0.15, 0.2) is 48.8 Å². The van der Waals surface area contributed by atoms with E-state index in [1.54, 1.807) is 19.5 Å². The number of carbonyl (C=O) groups excluding carboxylic acids is 2. The van der Waals surface area contributed by atoms with Gasteiger partial charge in [0.05, 0.1) is 18.7 Å². The third-order valence-corrected chi connectivity index (χ3v) is 7.50. The molecule has 2 aliphatic heterocycles.